The van der Waals surface area contributed by atoms with E-state index < -0.39 is 74.1 Å². The summed E-state index contributed by atoms with van der Waals surface area (Å²) in [5, 5.41) is 92.9. The highest BCUT2D eigenvalue weighted by Crippen LogP contribution is 2.46. The molecule has 0 radical (unpaired) electrons. The first-order valence-electron chi connectivity index (χ1n) is 13.4. The molecule has 43 heavy (non-hydrogen) atoms. The zero-order valence-electron chi connectivity index (χ0n) is 23.0. The van der Waals surface area contributed by atoms with Crippen molar-refractivity contribution in [3.05, 3.63) is 47.2 Å². The molecule has 2 fully saturated rings. The molecule has 236 valence electrons. The predicted molar refractivity (Wildman–Crippen MR) is 143 cm³/mol. The topological polar surface area (TPSA) is 241 Å². The van der Waals surface area contributed by atoms with Gasteiger partial charge in [0.05, 0.1) is 31.5 Å². The van der Waals surface area contributed by atoms with Crippen molar-refractivity contribution < 1.29 is 74.4 Å². The molecule has 0 aliphatic carbocycles. The van der Waals surface area contributed by atoms with Crippen LogP contribution in [0.15, 0.2) is 36.1 Å². The van der Waals surface area contributed by atoms with Crippen LogP contribution >= 0.6 is 0 Å². The normalized spacial score (nSPS) is 35.8. The smallest absolute Gasteiger partial charge is 0.270 e. The molecule has 15 heteroatoms. The molecule has 5 rings (SSSR count). The molecule has 3 aliphatic rings. The highest BCUT2D eigenvalue weighted by molar-refractivity contribution is 5.69. The lowest BCUT2D eigenvalue weighted by atomic mass is 9.98. The van der Waals surface area contributed by atoms with Crippen molar-refractivity contribution in [3.63, 3.8) is 0 Å². The number of hydrogen-bond donors (Lipinski definition) is 9. The molecule has 0 spiro atoms. The molecule has 2 aromatic carbocycles. The molecule has 0 saturated carbocycles. The monoisotopic (exact) mass is 611 g/mol. The number of aromatic hydroxyl groups is 4. The molecule has 2 aromatic rings. The maximum atomic E-state index is 10.7. The van der Waals surface area contributed by atoms with Crippen molar-refractivity contribution in [2.24, 2.45) is 0 Å². The van der Waals surface area contributed by atoms with Crippen LogP contribution in [0.1, 0.15) is 24.2 Å². The average molecular weight is 612 g/mol. The van der Waals surface area contributed by atoms with E-state index in [2.05, 4.69) is 4.74 Å². The fourth-order valence-electron chi connectivity index (χ4n) is 5.13. The summed E-state index contributed by atoms with van der Waals surface area (Å²) in [5.74, 6) is -0.384. The Morgan fingerprint density at radius 2 is 1.49 bits per heavy atom. The van der Waals surface area contributed by atoms with Gasteiger partial charge in [0.25, 0.3) is 11.9 Å². The standard InChI is InChI=1S/C28H34O15/c1-10-20(32)22(34)24(36)27(40-10)39-9-19-21(33)23(35)25(37)28(43-19)42-18-8-13-14(30)6-12(29)7-17(13)41-26(18)11-3-4-16(38-2)15(31)5-11/h3-8,10,19-37H,9H2,1-2H3/p+1/t10-,19+,20-,21+,22+,23-,24+,25+,26?,27+,28+/m0/s1. The molecule has 2 saturated heterocycles. The first-order valence-corrected chi connectivity index (χ1v) is 13.4. The maximum absolute atomic E-state index is 10.7. The lowest BCUT2D eigenvalue weighted by Gasteiger charge is -2.42. The molecule has 15 nitrogen and oxygen atoms in total. The number of ether oxygens (including phenoxy) is 6. The molecule has 0 bridgehead atoms. The summed E-state index contributed by atoms with van der Waals surface area (Å²) in [6.07, 6.45) is -14.6. The Morgan fingerprint density at radius 1 is 0.791 bits per heavy atom. The average Bonchev–Trinajstić information content (AvgIpc) is 2.97. The molecule has 3 heterocycles. The van der Waals surface area contributed by atoms with E-state index in [-0.39, 0.29) is 40.1 Å². The van der Waals surface area contributed by atoms with Gasteiger partial charge in [-0.25, -0.2) is 0 Å². The Bertz CT molecular complexity index is 1330. The van der Waals surface area contributed by atoms with E-state index >= 15 is 0 Å². The molecule has 10 N–H and O–H groups in total. The van der Waals surface area contributed by atoms with Gasteiger partial charge in [-0.05, 0) is 25.1 Å². The highest BCUT2D eigenvalue weighted by Gasteiger charge is 2.48. The van der Waals surface area contributed by atoms with Gasteiger partial charge in [-0.2, -0.15) is 0 Å². The quantitative estimate of drug-likeness (QED) is 0.167. The minimum atomic E-state index is -1.78. The lowest BCUT2D eigenvalue weighted by molar-refractivity contribution is -0.325. The van der Waals surface area contributed by atoms with Gasteiger partial charge in [0.1, 0.15) is 59.8 Å². The van der Waals surface area contributed by atoms with Gasteiger partial charge in [-0.15, -0.1) is 0 Å². The van der Waals surface area contributed by atoms with Crippen LogP contribution in [0.2, 0.25) is 0 Å². The van der Waals surface area contributed by atoms with E-state index in [1.807, 2.05) is 0 Å². The van der Waals surface area contributed by atoms with E-state index in [9.17, 15) is 46.0 Å². The number of phenolic OH excluding ortho intramolecular Hbond substituents is 3. The van der Waals surface area contributed by atoms with E-state index in [0.29, 0.717) is 5.56 Å². The van der Waals surface area contributed by atoms with Crippen molar-refractivity contribution in [2.75, 3.05) is 13.7 Å². The molecular weight excluding hydrogens is 576 g/mol. The summed E-state index contributed by atoms with van der Waals surface area (Å²) >= 11 is 0. The van der Waals surface area contributed by atoms with Gasteiger partial charge in [-0.1, -0.05) is 0 Å². The zero-order chi connectivity index (χ0) is 31.2. The van der Waals surface area contributed by atoms with E-state index in [4.69, 9.17) is 23.7 Å². The van der Waals surface area contributed by atoms with Crippen molar-refractivity contribution in [1.29, 1.82) is 0 Å². The van der Waals surface area contributed by atoms with Crippen LogP contribution in [-0.2, 0) is 18.9 Å². The summed E-state index contributed by atoms with van der Waals surface area (Å²) in [5.41, 5.74) is 0.563. The first kappa shape index (κ1) is 31.1. The van der Waals surface area contributed by atoms with Gasteiger partial charge in [0.15, 0.2) is 23.5 Å². The number of benzene rings is 2. The van der Waals surface area contributed by atoms with Crippen molar-refractivity contribution in [3.8, 4) is 28.7 Å². The maximum Gasteiger partial charge on any atom is 0.270 e. The molecule has 3 aliphatic heterocycles. The second kappa shape index (κ2) is 12.3. The van der Waals surface area contributed by atoms with Gasteiger partial charge in [-0.3, -0.25) is 0 Å². The number of methoxy groups -OCH3 is 1. The fraction of sp³-hybridized carbons (Fsp3) is 0.500. The van der Waals surface area contributed by atoms with Gasteiger partial charge >= 0.3 is 0 Å². The summed E-state index contributed by atoms with van der Waals surface area (Å²) in [6, 6.07) is 6.86. The summed E-state index contributed by atoms with van der Waals surface area (Å²) in [6.45, 7) is 0.968. The third kappa shape index (κ3) is 6.04. The van der Waals surface area contributed by atoms with Crippen molar-refractivity contribution in [2.45, 2.75) is 74.4 Å². The van der Waals surface area contributed by atoms with Gasteiger partial charge in [0.2, 0.25) is 6.29 Å². The third-order valence-corrected chi connectivity index (χ3v) is 7.62. The van der Waals surface area contributed by atoms with Crippen LogP contribution < -0.4 is 4.74 Å². The van der Waals surface area contributed by atoms with Gasteiger partial charge < -0.3 is 74.4 Å². The SMILES string of the molecule is COc1ccc(C2[OH+]c3cc(O)cc(O)c3C=C2O[C@@H]2O[C@H](CO[C@@H]3O[C@@H](C)[C@H](O)[C@@H](O)[C@H]3O)[C@@H](O)[C@H](O)[C@H]2O)cc1O. The largest absolute Gasteiger partial charge is 0.571 e. The number of aliphatic hydroxyl groups excluding tert-OH is 6. The van der Waals surface area contributed by atoms with Crippen molar-refractivity contribution in [1.82, 2.24) is 0 Å². The van der Waals surface area contributed by atoms with Crippen LogP contribution in [0.3, 0.4) is 0 Å². The van der Waals surface area contributed by atoms with Crippen LogP contribution in [-0.4, -0.2) is 126 Å². The minimum absolute atomic E-state index is 0.00216. The van der Waals surface area contributed by atoms with E-state index in [1.54, 1.807) is 6.07 Å². The molecular formula is C28H35O15+. The number of aliphatic hydroxyl groups is 7. The molecule has 1 unspecified atom stereocenters. The number of hydrogen-bond acceptors (Lipinski definition) is 14. The Morgan fingerprint density at radius 3 is 2.19 bits per heavy atom. The minimum Gasteiger partial charge on any atom is -0.571 e. The van der Waals surface area contributed by atoms with E-state index in [0.717, 1.165) is 6.07 Å². The van der Waals surface area contributed by atoms with Gasteiger partial charge in [0, 0.05) is 12.1 Å². The summed E-state index contributed by atoms with van der Waals surface area (Å²) in [7, 11) is 1.38. The lowest BCUT2D eigenvalue weighted by Crippen LogP contribution is -2.61. The van der Waals surface area contributed by atoms with E-state index in [1.165, 1.54) is 38.3 Å². The van der Waals surface area contributed by atoms with Crippen LogP contribution in [0.25, 0.3) is 6.08 Å². The Balaban J connectivity index is 1.40. The number of rotatable bonds is 7. The third-order valence-electron chi connectivity index (χ3n) is 7.62. The number of fused-ring (bicyclic) bond motifs is 1. The Kier molecular flexibility index (Phi) is 8.89. The number of phenols is 3. The molecule has 11 atom stereocenters. The summed E-state index contributed by atoms with van der Waals surface area (Å²) in [4.78, 5) is 0. The first-order chi connectivity index (χ1) is 20.4. The fourth-order valence-corrected chi connectivity index (χ4v) is 5.13. The van der Waals surface area contributed by atoms with Crippen LogP contribution in [0.5, 0.6) is 28.7 Å². The zero-order valence-corrected chi connectivity index (χ0v) is 23.0. The molecule has 0 amide bonds. The second-order valence-electron chi connectivity index (χ2n) is 10.6. The Labute approximate surface area is 244 Å². The second-order valence-corrected chi connectivity index (χ2v) is 10.6. The van der Waals surface area contributed by atoms with Crippen molar-refractivity contribution >= 4 is 6.08 Å². The summed E-state index contributed by atoms with van der Waals surface area (Å²) < 4.78 is 32.3. The van der Waals surface area contributed by atoms with Crippen LogP contribution in [0, 0.1) is 0 Å². The highest BCUT2D eigenvalue weighted by atomic mass is 16.7. The molecule has 0 aromatic heterocycles. The Hall–Kier alpha value is -3.38. The van der Waals surface area contributed by atoms with Crippen LogP contribution in [0.4, 0.5) is 0 Å². The predicted octanol–water partition coefficient (Wildman–Crippen LogP) is -1.18.